The quantitative estimate of drug-likeness (QED) is 0.776. The molecule has 0 saturated carbocycles. The zero-order valence-electron chi connectivity index (χ0n) is 11.9. The normalized spacial score (nSPS) is 17.5. The van der Waals surface area contributed by atoms with Crippen molar-refractivity contribution in [1.82, 2.24) is 4.90 Å². The van der Waals surface area contributed by atoms with Crippen LogP contribution in [0.1, 0.15) is 11.5 Å². The van der Waals surface area contributed by atoms with Crippen molar-refractivity contribution in [3.63, 3.8) is 0 Å². The van der Waals surface area contributed by atoms with E-state index >= 15 is 0 Å². The Morgan fingerprint density at radius 2 is 1.84 bits per heavy atom. The van der Waals surface area contributed by atoms with Crippen LogP contribution >= 0.6 is 0 Å². The Kier molecular flexibility index (Phi) is 5.63. The highest BCUT2D eigenvalue weighted by Crippen LogP contribution is 2.31. The average molecular weight is 264 g/mol. The Balaban J connectivity index is 1.93. The van der Waals surface area contributed by atoms with Crippen LogP contribution in [0.15, 0.2) is 24.3 Å². The molecule has 1 unspecified atom stereocenters. The van der Waals surface area contributed by atoms with E-state index in [1.165, 1.54) is 11.3 Å². The van der Waals surface area contributed by atoms with Gasteiger partial charge in [0.1, 0.15) is 0 Å². The number of rotatable bonds is 8. The number of ether oxygens (including phenoxy) is 2. The molecule has 0 saturated heterocycles. The molecule has 19 heavy (non-hydrogen) atoms. The van der Waals surface area contributed by atoms with E-state index in [1.54, 1.807) is 14.2 Å². The van der Waals surface area contributed by atoms with E-state index in [0.29, 0.717) is 5.92 Å². The van der Waals surface area contributed by atoms with Gasteiger partial charge in [0.25, 0.3) is 0 Å². The zero-order valence-corrected chi connectivity index (χ0v) is 11.9. The Bertz CT molecular complexity index is 376. The third kappa shape index (κ3) is 3.93. The first-order valence-electron chi connectivity index (χ1n) is 6.88. The van der Waals surface area contributed by atoms with Crippen molar-refractivity contribution in [3.8, 4) is 0 Å². The summed E-state index contributed by atoms with van der Waals surface area (Å²) in [7, 11) is 3.50. The molecule has 1 N–H and O–H groups in total. The van der Waals surface area contributed by atoms with Crippen LogP contribution in [-0.2, 0) is 9.47 Å². The minimum atomic E-state index is 0.560. The predicted molar refractivity (Wildman–Crippen MR) is 77.9 cm³/mol. The molecule has 1 aliphatic rings. The lowest BCUT2D eigenvalue weighted by Crippen LogP contribution is -2.34. The molecule has 2 rings (SSSR count). The van der Waals surface area contributed by atoms with Gasteiger partial charge in [0.05, 0.1) is 13.2 Å². The standard InChI is InChI=1S/C15H24N2O2/c1-18-9-7-17(8-10-19-2)12-13-11-16-15-6-4-3-5-14(13)15/h3-6,13,16H,7-12H2,1-2H3. The number of hydrogen-bond acceptors (Lipinski definition) is 4. The van der Waals surface area contributed by atoms with Crippen molar-refractivity contribution in [2.45, 2.75) is 5.92 Å². The molecule has 0 aliphatic carbocycles. The lowest BCUT2D eigenvalue weighted by atomic mass is 10.0. The van der Waals surface area contributed by atoms with Gasteiger partial charge >= 0.3 is 0 Å². The number of nitrogens with zero attached hydrogens (tertiary/aromatic N) is 1. The van der Waals surface area contributed by atoms with Crippen molar-refractivity contribution in [2.75, 3.05) is 58.9 Å². The molecule has 1 aliphatic heterocycles. The number of nitrogens with one attached hydrogen (secondary N) is 1. The van der Waals surface area contributed by atoms with E-state index in [-0.39, 0.29) is 0 Å². The van der Waals surface area contributed by atoms with Crippen LogP contribution in [0.3, 0.4) is 0 Å². The summed E-state index contributed by atoms with van der Waals surface area (Å²) >= 11 is 0. The molecular formula is C15H24N2O2. The van der Waals surface area contributed by atoms with Gasteiger partial charge in [0.2, 0.25) is 0 Å². The maximum atomic E-state index is 5.19. The molecule has 0 spiro atoms. The van der Waals surface area contributed by atoms with Gasteiger partial charge in [-0.25, -0.2) is 0 Å². The summed E-state index contributed by atoms with van der Waals surface area (Å²) in [5, 5.41) is 3.48. The maximum Gasteiger partial charge on any atom is 0.0589 e. The lowest BCUT2D eigenvalue weighted by molar-refractivity contribution is 0.111. The molecule has 1 aromatic carbocycles. The highest BCUT2D eigenvalue weighted by Gasteiger charge is 2.23. The van der Waals surface area contributed by atoms with Crippen molar-refractivity contribution in [1.29, 1.82) is 0 Å². The smallest absolute Gasteiger partial charge is 0.0589 e. The van der Waals surface area contributed by atoms with Gasteiger partial charge in [-0.05, 0) is 11.6 Å². The second-order valence-corrected chi connectivity index (χ2v) is 4.95. The molecule has 0 bridgehead atoms. The van der Waals surface area contributed by atoms with Gasteiger partial charge < -0.3 is 14.8 Å². The predicted octanol–water partition coefficient (Wildman–Crippen LogP) is 1.79. The average Bonchev–Trinajstić information content (AvgIpc) is 2.85. The van der Waals surface area contributed by atoms with Crippen LogP contribution in [0.2, 0.25) is 0 Å². The SMILES string of the molecule is COCCN(CCOC)CC1CNc2ccccc21. The molecule has 4 nitrogen and oxygen atoms in total. The summed E-state index contributed by atoms with van der Waals surface area (Å²) in [5.74, 6) is 0.560. The van der Waals surface area contributed by atoms with Gasteiger partial charge in [-0.3, -0.25) is 4.90 Å². The Morgan fingerprint density at radius 3 is 2.53 bits per heavy atom. The fraction of sp³-hybridized carbons (Fsp3) is 0.600. The molecule has 0 aromatic heterocycles. The van der Waals surface area contributed by atoms with Crippen molar-refractivity contribution in [3.05, 3.63) is 29.8 Å². The molecule has 0 fully saturated rings. The Hall–Kier alpha value is -1.10. The number of anilines is 1. The lowest BCUT2D eigenvalue weighted by Gasteiger charge is -2.25. The molecule has 0 radical (unpaired) electrons. The van der Waals surface area contributed by atoms with E-state index < -0.39 is 0 Å². The summed E-state index contributed by atoms with van der Waals surface area (Å²) in [6, 6.07) is 8.59. The van der Waals surface area contributed by atoms with E-state index in [9.17, 15) is 0 Å². The first-order valence-corrected chi connectivity index (χ1v) is 6.88. The first-order chi connectivity index (χ1) is 9.35. The summed E-state index contributed by atoms with van der Waals surface area (Å²) in [6.07, 6.45) is 0. The van der Waals surface area contributed by atoms with Crippen molar-refractivity contribution < 1.29 is 9.47 Å². The minimum Gasteiger partial charge on any atom is -0.384 e. The van der Waals surface area contributed by atoms with E-state index in [2.05, 4.69) is 34.5 Å². The number of methoxy groups -OCH3 is 2. The van der Waals surface area contributed by atoms with Gasteiger partial charge in [-0.1, -0.05) is 18.2 Å². The molecule has 1 heterocycles. The summed E-state index contributed by atoms with van der Waals surface area (Å²) in [4.78, 5) is 2.42. The van der Waals surface area contributed by atoms with Crippen LogP contribution in [0.5, 0.6) is 0 Å². The van der Waals surface area contributed by atoms with Gasteiger partial charge in [-0.2, -0.15) is 0 Å². The third-order valence-electron chi connectivity index (χ3n) is 3.64. The summed E-state index contributed by atoms with van der Waals surface area (Å²) < 4.78 is 10.4. The van der Waals surface area contributed by atoms with Gasteiger partial charge in [0.15, 0.2) is 0 Å². The molecule has 1 aromatic rings. The second kappa shape index (κ2) is 7.48. The maximum absolute atomic E-state index is 5.19. The Morgan fingerprint density at radius 1 is 1.16 bits per heavy atom. The zero-order chi connectivity index (χ0) is 13.5. The third-order valence-corrected chi connectivity index (χ3v) is 3.64. The number of hydrogen-bond donors (Lipinski definition) is 1. The minimum absolute atomic E-state index is 0.560. The van der Waals surface area contributed by atoms with Crippen LogP contribution in [0.25, 0.3) is 0 Å². The monoisotopic (exact) mass is 264 g/mol. The fourth-order valence-corrected chi connectivity index (χ4v) is 2.57. The molecule has 4 heteroatoms. The molecule has 1 atom stereocenters. The van der Waals surface area contributed by atoms with Crippen molar-refractivity contribution >= 4 is 5.69 Å². The largest absolute Gasteiger partial charge is 0.384 e. The van der Waals surface area contributed by atoms with Crippen molar-refractivity contribution in [2.24, 2.45) is 0 Å². The summed E-state index contributed by atoms with van der Waals surface area (Å²) in [5.41, 5.74) is 2.72. The van der Waals surface area contributed by atoms with Crippen LogP contribution in [0.4, 0.5) is 5.69 Å². The van der Waals surface area contributed by atoms with Crippen LogP contribution in [-0.4, -0.2) is 58.5 Å². The topological polar surface area (TPSA) is 33.7 Å². The highest BCUT2D eigenvalue weighted by atomic mass is 16.5. The number of fused-ring (bicyclic) bond motifs is 1. The molecular weight excluding hydrogens is 240 g/mol. The number of para-hydroxylation sites is 1. The Labute approximate surface area is 115 Å². The highest BCUT2D eigenvalue weighted by molar-refractivity contribution is 5.57. The van der Waals surface area contributed by atoms with E-state index in [0.717, 1.165) is 39.4 Å². The van der Waals surface area contributed by atoms with Gasteiger partial charge in [-0.15, -0.1) is 0 Å². The van der Waals surface area contributed by atoms with E-state index in [1.807, 2.05) is 0 Å². The summed E-state index contributed by atoms with van der Waals surface area (Å²) in [6.45, 7) is 5.53. The molecule has 0 amide bonds. The fourth-order valence-electron chi connectivity index (χ4n) is 2.57. The first kappa shape index (κ1) is 14.3. The van der Waals surface area contributed by atoms with E-state index in [4.69, 9.17) is 9.47 Å². The second-order valence-electron chi connectivity index (χ2n) is 4.95. The number of benzene rings is 1. The molecule has 106 valence electrons. The van der Waals surface area contributed by atoms with Gasteiger partial charge in [0, 0.05) is 52.0 Å². The van der Waals surface area contributed by atoms with Crippen LogP contribution < -0.4 is 5.32 Å². The van der Waals surface area contributed by atoms with Crippen LogP contribution in [0, 0.1) is 0 Å².